The molecule has 1 heterocycles. The lowest BCUT2D eigenvalue weighted by Crippen LogP contribution is -2.11. The molecule has 1 aromatic carbocycles. The Kier molecular flexibility index (Phi) is 4.22. The molecule has 0 aliphatic carbocycles. The van der Waals surface area contributed by atoms with Crippen LogP contribution in [-0.2, 0) is 12.6 Å². The molecule has 1 aromatic heterocycles. The van der Waals surface area contributed by atoms with Gasteiger partial charge in [-0.15, -0.1) is 0 Å². The Bertz CT molecular complexity index is 603. The Morgan fingerprint density at radius 3 is 2.29 bits per heavy atom. The molecule has 7 heteroatoms. The van der Waals surface area contributed by atoms with Crippen LogP contribution in [0.1, 0.15) is 11.3 Å². The smallest absolute Gasteiger partial charge is 0.378 e. The van der Waals surface area contributed by atoms with Gasteiger partial charge in [-0.25, -0.2) is 0 Å². The summed E-state index contributed by atoms with van der Waals surface area (Å²) in [5, 5.41) is 3.58. The van der Waals surface area contributed by atoms with E-state index in [4.69, 9.17) is 5.73 Å². The summed E-state index contributed by atoms with van der Waals surface area (Å²) in [5.41, 5.74) is 7.11. The van der Waals surface area contributed by atoms with Crippen molar-refractivity contribution in [3.63, 3.8) is 0 Å². The van der Waals surface area contributed by atoms with Gasteiger partial charge in [-0.05, 0) is 25.1 Å². The van der Waals surface area contributed by atoms with Gasteiger partial charge < -0.3 is 15.2 Å². The summed E-state index contributed by atoms with van der Waals surface area (Å²) < 4.78 is 43.2. The maximum absolute atomic E-state index is 12.9. The van der Waals surface area contributed by atoms with Crippen LogP contribution in [0.25, 0.3) is 11.3 Å². The van der Waals surface area contributed by atoms with Gasteiger partial charge in [0.05, 0.1) is 0 Å². The van der Waals surface area contributed by atoms with Crippen LogP contribution in [0.3, 0.4) is 0 Å². The summed E-state index contributed by atoms with van der Waals surface area (Å²) in [7, 11) is 3.76. The van der Waals surface area contributed by atoms with E-state index >= 15 is 0 Å². The molecule has 0 saturated heterocycles. The Morgan fingerprint density at radius 2 is 1.81 bits per heavy atom. The van der Waals surface area contributed by atoms with Crippen molar-refractivity contribution in [2.75, 3.05) is 25.5 Å². The fourth-order valence-electron chi connectivity index (χ4n) is 2.05. The topological polar surface area (TPSA) is 55.3 Å². The number of aromatic nitrogens is 1. The summed E-state index contributed by atoms with van der Waals surface area (Å²) in [6, 6.07) is 7.05. The van der Waals surface area contributed by atoms with Crippen molar-refractivity contribution >= 4 is 5.69 Å². The summed E-state index contributed by atoms with van der Waals surface area (Å²) in [6.07, 6.45) is -4.51. The van der Waals surface area contributed by atoms with Crippen LogP contribution in [0, 0.1) is 0 Å². The zero-order valence-electron chi connectivity index (χ0n) is 11.7. The van der Waals surface area contributed by atoms with E-state index in [1.165, 1.54) is 0 Å². The van der Waals surface area contributed by atoms with Crippen molar-refractivity contribution < 1.29 is 17.7 Å². The quantitative estimate of drug-likeness (QED) is 0.943. The van der Waals surface area contributed by atoms with E-state index in [0.29, 0.717) is 5.56 Å². The number of anilines is 1. The monoisotopic (exact) mass is 299 g/mol. The van der Waals surface area contributed by atoms with Gasteiger partial charge >= 0.3 is 6.18 Å². The van der Waals surface area contributed by atoms with Crippen LogP contribution in [0.2, 0.25) is 0 Å². The Balaban J connectivity index is 2.46. The van der Waals surface area contributed by atoms with E-state index in [2.05, 4.69) is 9.68 Å². The number of nitrogens with zero attached hydrogens (tertiary/aromatic N) is 2. The molecule has 0 unspecified atom stereocenters. The van der Waals surface area contributed by atoms with Crippen LogP contribution in [0.5, 0.6) is 0 Å². The van der Waals surface area contributed by atoms with Crippen molar-refractivity contribution in [3.05, 3.63) is 35.6 Å². The molecule has 2 rings (SSSR count). The maximum atomic E-state index is 12.9. The highest BCUT2D eigenvalue weighted by molar-refractivity contribution is 5.66. The second-order valence-electron chi connectivity index (χ2n) is 4.82. The standard InChI is InChI=1S/C14H16F3N3O/c1-20(2)10-5-3-9(4-6-10)12-11(7-8-18)13(21-19-12)14(15,16)17/h3-6H,7-8,18H2,1-2H3. The third-order valence-corrected chi connectivity index (χ3v) is 3.10. The summed E-state index contributed by atoms with van der Waals surface area (Å²) >= 11 is 0. The molecule has 0 radical (unpaired) electrons. The van der Waals surface area contributed by atoms with Gasteiger partial charge in [0.2, 0.25) is 5.76 Å². The second-order valence-corrected chi connectivity index (χ2v) is 4.82. The first-order valence-electron chi connectivity index (χ1n) is 6.38. The van der Waals surface area contributed by atoms with E-state index in [1.54, 1.807) is 12.1 Å². The number of alkyl halides is 3. The summed E-state index contributed by atoms with van der Waals surface area (Å²) in [4.78, 5) is 1.90. The maximum Gasteiger partial charge on any atom is 0.452 e. The van der Waals surface area contributed by atoms with E-state index in [9.17, 15) is 13.2 Å². The zero-order valence-corrected chi connectivity index (χ0v) is 11.7. The third kappa shape index (κ3) is 3.18. The fourth-order valence-corrected chi connectivity index (χ4v) is 2.05. The van der Waals surface area contributed by atoms with Crippen LogP contribution in [0.4, 0.5) is 18.9 Å². The highest BCUT2D eigenvalue weighted by Gasteiger charge is 2.40. The van der Waals surface area contributed by atoms with Crippen LogP contribution in [0.15, 0.2) is 28.8 Å². The first kappa shape index (κ1) is 15.4. The molecule has 2 aromatic rings. The number of halogens is 3. The lowest BCUT2D eigenvalue weighted by atomic mass is 10.0. The Morgan fingerprint density at radius 1 is 1.19 bits per heavy atom. The van der Waals surface area contributed by atoms with Gasteiger partial charge in [0.1, 0.15) is 5.69 Å². The molecular formula is C14H16F3N3O. The molecule has 0 aliphatic rings. The summed E-state index contributed by atoms with van der Waals surface area (Å²) in [5.74, 6) is -1.07. The number of nitrogens with two attached hydrogens (primary N) is 1. The van der Waals surface area contributed by atoms with Gasteiger partial charge in [-0.3, -0.25) is 0 Å². The van der Waals surface area contributed by atoms with Crippen molar-refractivity contribution in [1.29, 1.82) is 0 Å². The largest absolute Gasteiger partial charge is 0.452 e. The van der Waals surface area contributed by atoms with E-state index in [-0.39, 0.29) is 24.2 Å². The molecule has 0 saturated carbocycles. The van der Waals surface area contributed by atoms with Gasteiger partial charge in [0.15, 0.2) is 0 Å². The zero-order chi connectivity index (χ0) is 15.6. The summed E-state index contributed by atoms with van der Waals surface area (Å²) in [6.45, 7) is 0.0904. The highest BCUT2D eigenvalue weighted by Crippen LogP contribution is 2.37. The molecule has 0 atom stereocenters. The van der Waals surface area contributed by atoms with Crippen molar-refractivity contribution in [1.82, 2.24) is 5.16 Å². The minimum Gasteiger partial charge on any atom is -0.378 e. The first-order chi connectivity index (χ1) is 9.84. The molecule has 21 heavy (non-hydrogen) atoms. The van der Waals surface area contributed by atoms with E-state index in [0.717, 1.165) is 5.69 Å². The molecule has 0 amide bonds. The van der Waals surface area contributed by atoms with Crippen molar-refractivity contribution in [2.24, 2.45) is 5.73 Å². The fraction of sp³-hybridized carbons (Fsp3) is 0.357. The first-order valence-corrected chi connectivity index (χ1v) is 6.38. The Hall–Kier alpha value is -2.02. The van der Waals surface area contributed by atoms with Crippen molar-refractivity contribution in [3.8, 4) is 11.3 Å². The number of hydrogen-bond acceptors (Lipinski definition) is 4. The average Bonchev–Trinajstić information content (AvgIpc) is 2.83. The second kappa shape index (κ2) is 5.77. The predicted octanol–water partition coefficient (Wildman–Crippen LogP) is 2.93. The van der Waals surface area contributed by atoms with E-state index in [1.807, 2.05) is 31.1 Å². The number of benzene rings is 1. The lowest BCUT2D eigenvalue weighted by molar-refractivity contribution is -0.156. The predicted molar refractivity (Wildman–Crippen MR) is 74.0 cm³/mol. The molecule has 0 fully saturated rings. The third-order valence-electron chi connectivity index (χ3n) is 3.10. The highest BCUT2D eigenvalue weighted by atomic mass is 19.4. The minimum atomic E-state index is -4.57. The minimum absolute atomic E-state index is 0.00241. The average molecular weight is 299 g/mol. The van der Waals surface area contributed by atoms with Gasteiger partial charge in [-0.1, -0.05) is 17.3 Å². The number of hydrogen-bond donors (Lipinski definition) is 1. The normalized spacial score (nSPS) is 11.7. The molecule has 0 aliphatic heterocycles. The van der Waals surface area contributed by atoms with Crippen LogP contribution >= 0.6 is 0 Å². The molecule has 4 nitrogen and oxygen atoms in total. The van der Waals surface area contributed by atoms with Gasteiger partial charge in [-0.2, -0.15) is 13.2 Å². The van der Waals surface area contributed by atoms with Gasteiger partial charge in [0, 0.05) is 30.9 Å². The molecular weight excluding hydrogens is 283 g/mol. The van der Waals surface area contributed by atoms with Crippen LogP contribution in [-0.4, -0.2) is 25.8 Å². The molecule has 0 spiro atoms. The van der Waals surface area contributed by atoms with Gasteiger partial charge in [0.25, 0.3) is 0 Å². The molecule has 0 bridgehead atoms. The molecule has 2 N–H and O–H groups in total. The Labute approximate surface area is 120 Å². The number of rotatable bonds is 4. The lowest BCUT2D eigenvalue weighted by Gasteiger charge is -2.12. The van der Waals surface area contributed by atoms with E-state index < -0.39 is 11.9 Å². The SMILES string of the molecule is CN(C)c1ccc(-c2noc(C(F)(F)F)c2CCN)cc1. The van der Waals surface area contributed by atoms with Crippen LogP contribution < -0.4 is 10.6 Å². The molecule has 114 valence electrons. The van der Waals surface area contributed by atoms with Crippen molar-refractivity contribution in [2.45, 2.75) is 12.6 Å².